The van der Waals surface area contributed by atoms with Crippen molar-refractivity contribution in [3.63, 3.8) is 0 Å². The van der Waals surface area contributed by atoms with Crippen molar-refractivity contribution in [2.75, 3.05) is 27.2 Å². The van der Waals surface area contributed by atoms with Crippen LogP contribution in [0, 0.1) is 5.92 Å². The lowest BCUT2D eigenvalue weighted by molar-refractivity contribution is 0.0803. The van der Waals surface area contributed by atoms with Crippen LogP contribution in [0.2, 0.25) is 0 Å². The molecule has 16 heavy (non-hydrogen) atoms. The number of piperazine rings is 1. The van der Waals surface area contributed by atoms with Crippen LogP contribution < -0.4 is 0 Å². The van der Waals surface area contributed by atoms with E-state index in [4.69, 9.17) is 0 Å². The van der Waals surface area contributed by atoms with E-state index in [1.165, 1.54) is 13.1 Å². The number of rotatable bonds is 0. The SMILES string of the molecule is CC.CC(C)C.CC1CN(C)C(C)CN1C. The van der Waals surface area contributed by atoms with Crippen LogP contribution >= 0.6 is 0 Å². The van der Waals surface area contributed by atoms with Crippen molar-refractivity contribution in [2.45, 2.75) is 60.5 Å². The van der Waals surface area contributed by atoms with Crippen LogP contribution in [0.3, 0.4) is 0 Å². The Labute approximate surface area is 104 Å². The summed E-state index contributed by atoms with van der Waals surface area (Å²) in [5.74, 6) is 0.833. The van der Waals surface area contributed by atoms with E-state index in [1.807, 2.05) is 13.8 Å². The average Bonchev–Trinajstić information content (AvgIpc) is 2.17. The van der Waals surface area contributed by atoms with Gasteiger partial charge in [-0.2, -0.15) is 0 Å². The van der Waals surface area contributed by atoms with Crippen molar-refractivity contribution in [2.24, 2.45) is 5.92 Å². The predicted molar refractivity (Wildman–Crippen MR) is 76.0 cm³/mol. The highest BCUT2D eigenvalue weighted by Gasteiger charge is 2.22. The van der Waals surface area contributed by atoms with E-state index in [0.717, 1.165) is 18.0 Å². The number of hydrogen-bond donors (Lipinski definition) is 0. The zero-order chi connectivity index (χ0) is 13.3. The standard InChI is InChI=1S/C8H18N2.C4H10.C2H6/c1-7-5-10(4)8(2)6-9(7)3;1-4(2)3;1-2/h7-8H,5-6H2,1-4H3;4H,1-3H3;1-2H3. The zero-order valence-electron chi connectivity index (χ0n) is 13.0. The fraction of sp³-hybridized carbons (Fsp3) is 1.00. The van der Waals surface area contributed by atoms with Crippen LogP contribution in [0.25, 0.3) is 0 Å². The van der Waals surface area contributed by atoms with Gasteiger partial charge in [-0.3, -0.25) is 0 Å². The van der Waals surface area contributed by atoms with Crippen molar-refractivity contribution in [1.29, 1.82) is 0 Å². The molecule has 2 heteroatoms. The summed E-state index contributed by atoms with van der Waals surface area (Å²) in [5.41, 5.74) is 0. The first-order valence-electron chi connectivity index (χ1n) is 6.75. The summed E-state index contributed by atoms with van der Waals surface area (Å²) in [6, 6.07) is 1.45. The largest absolute Gasteiger partial charge is 0.301 e. The molecule has 100 valence electrons. The van der Waals surface area contributed by atoms with E-state index in [-0.39, 0.29) is 0 Å². The van der Waals surface area contributed by atoms with Crippen LogP contribution in [0.5, 0.6) is 0 Å². The third kappa shape index (κ3) is 9.17. The van der Waals surface area contributed by atoms with Gasteiger partial charge in [-0.1, -0.05) is 34.6 Å². The smallest absolute Gasteiger partial charge is 0.0192 e. The zero-order valence-corrected chi connectivity index (χ0v) is 13.0. The molecule has 2 nitrogen and oxygen atoms in total. The lowest BCUT2D eigenvalue weighted by Crippen LogP contribution is -2.53. The van der Waals surface area contributed by atoms with E-state index in [2.05, 4.69) is 58.5 Å². The lowest BCUT2D eigenvalue weighted by atomic mass is 10.1. The number of likely N-dealkylation sites (N-methyl/N-ethyl adjacent to an activating group) is 2. The van der Waals surface area contributed by atoms with Crippen molar-refractivity contribution in [3.05, 3.63) is 0 Å². The Kier molecular flexibility index (Phi) is 11.5. The van der Waals surface area contributed by atoms with Gasteiger partial charge in [-0.15, -0.1) is 0 Å². The topological polar surface area (TPSA) is 6.48 Å². The molecule has 1 rings (SSSR count). The Morgan fingerprint density at radius 1 is 0.812 bits per heavy atom. The second-order valence-corrected chi connectivity index (χ2v) is 5.31. The van der Waals surface area contributed by atoms with Crippen LogP contribution in [0.1, 0.15) is 48.5 Å². The summed E-state index contributed by atoms with van der Waals surface area (Å²) < 4.78 is 0. The van der Waals surface area contributed by atoms with Crippen LogP contribution in [0.4, 0.5) is 0 Å². The van der Waals surface area contributed by atoms with E-state index in [9.17, 15) is 0 Å². The highest BCUT2D eigenvalue weighted by molar-refractivity contribution is 4.79. The van der Waals surface area contributed by atoms with Crippen LogP contribution in [-0.4, -0.2) is 49.1 Å². The fourth-order valence-corrected chi connectivity index (χ4v) is 1.47. The van der Waals surface area contributed by atoms with Crippen LogP contribution in [-0.2, 0) is 0 Å². The highest BCUT2D eigenvalue weighted by atomic mass is 15.3. The molecule has 1 aliphatic rings. The molecule has 0 saturated carbocycles. The molecule has 0 bridgehead atoms. The summed E-state index contributed by atoms with van der Waals surface area (Å²) in [7, 11) is 4.41. The third-order valence-corrected chi connectivity index (χ3v) is 2.61. The molecule has 0 aliphatic carbocycles. The first kappa shape index (κ1) is 18.3. The molecule has 0 amide bonds. The van der Waals surface area contributed by atoms with Gasteiger partial charge in [0.15, 0.2) is 0 Å². The minimum atomic E-state index is 0.723. The normalized spacial score (nSPS) is 26.6. The van der Waals surface area contributed by atoms with Gasteiger partial charge in [0.1, 0.15) is 0 Å². The molecule has 2 atom stereocenters. The quantitative estimate of drug-likeness (QED) is 0.630. The summed E-state index contributed by atoms with van der Waals surface area (Å²) in [6.07, 6.45) is 0. The molecule has 1 saturated heterocycles. The minimum absolute atomic E-state index is 0.723. The van der Waals surface area contributed by atoms with Crippen molar-refractivity contribution in [1.82, 2.24) is 9.80 Å². The molecular weight excluding hydrogens is 196 g/mol. The first-order chi connectivity index (χ1) is 7.34. The van der Waals surface area contributed by atoms with Gasteiger partial charge in [-0.05, 0) is 33.9 Å². The van der Waals surface area contributed by atoms with E-state index in [1.54, 1.807) is 0 Å². The Morgan fingerprint density at radius 2 is 1.00 bits per heavy atom. The van der Waals surface area contributed by atoms with Crippen LogP contribution in [0.15, 0.2) is 0 Å². The second-order valence-electron chi connectivity index (χ2n) is 5.31. The molecule has 2 unspecified atom stereocenters. The van der Waals surface area contributed by atoms with Gasteiger partial charge in [0.2, 0.25) is 0 Å². The second kappa shape index (κ2) is 10.1. The van der Waals surface area contributed by atoms with Crippen molar-refractivity contribution in [3.8, 4) is 0 Å². The molecule has 1 aliphatic heterocycles. The molecular formula is C14H34N2. The third-order valence-electron chi connectivity index (χ3n) is 2.61. The summed E-state index contributed by atoms with van der Waals surface area (Å²) >= 11 is 0. The molecule has 0 aromatic rings. The van der Waals surface area contributed by atoms with Gasteiger partial charge in [0, 0.05) is 25.2 Å². The molecule has 0 N–H and O–H groups in total. The fourth-order valence-electron chi connectivity index (χ4n) is 1.47. The summed E-state index contributed by atoms with van der Waals surface area (Å²) in [6.45, 7) is 17.5. The average molecular weight is 230 g/mol. The maximum Gasteiger partial charge on any atom is 0.0192 e. The predicted octanol–water partition coefficient (Wildman–Crippen LogP) is 3.33. The monoisotopic (exact) mass is 230 g/mol. The molecule has 0 radical (unpaired) electrons. The molecule has 1 fully saturated rings. The first-order valence-corrected chi connectivity index (χ1v) is 6.75. The Morgan fingerprint density at radius 3 is 1.19 bits per heavy atom. The van der Waals surface area contributed by atoms with Gasteiger partial charge < -0.3 is 9.80 Å². The number of nitrogens with zero attached hydrogens (tertiary/aromatic N) is 2. The minimum Gasteiger partial charge on any atom is -0.301 e. The number of hydrogen-bond acceptors (Lipinski definition) is 2. The Hall–Kier alpha value is -0.0800. The maximum absolute atomic E-state index is 2.42. The summed E-state index contributed by atoms with van der Waals surface area (Å²) in [5, 5.41) is 0. The molecule has 0 spiro atoms. The molecule has 1 heterocycles. The van der Waals surface area contributed by atoms with Gasteiger partial charge in [-0.25, -0.2) is 0 Å². The van der Waals surface area contributed by atoms with Gasteiger partial charge in [0.05, 0.1) is 0 Å². The Bertz CT molecular complexity index is 117. The van der Waals surface area contributed by atoms with Crippen molar-refractivity contribution >= 4 is 0 Å². The van der Waals surface area contributed by atoms with E-state index < -0.39 is 0 Å². The summed E-state index contributed by atoms with van der Waals surface area (Å²) in [4.78, 5) is 4.84. The Balaban J connectivity index is 0. The van der Waals surface area contributed by atoms with E-state index >= 15 is 0 Å². The highest BCUT2D eigenvalue weighted by Crippen LogP contribution is 2.09. The molecule has 0 aromatic carbocycles. The lowest BCUT2D eigenvalue weighted by Gasteiger charge is -2.40. The molecule has 0 aromatic heterocycles. The maximum atomic E-state index is 2.42. The van der Waals surface area contributed by atoms with Gasteiger partial charge in [0.25, 0.3) is 0 Å². The van der Waals surface area contributed by atoms with Crippen molar-refractivity contribution < 1.29 is 0 Å². The van der Waals surface area contributed by atoms with Gasteiger partial charge >= 0.3 is 0 Å². The van der Waals surface area contributed by atoms with E-state index in [0.29, 0.717) is 0 Å².